The van der Waals surface area contributed by atoms with Gasteiger partial charge in [0.1, 0.15) is 0 Å². The molecule has 0 rings (SSSR count). The lowest BCUT2D eigenvalue weighted by molar-refractivity contribution is 0.0251. The maximum absolute atomic E-state index is 9.13. The minimum Gasteiger partial charge on any atom is -0.368 e. The van der Waals surface area contributed by atoms with Crippen molar-refractivity contribution in [3.8, 4) is 0 Å². The molecule has 164 valence electrons. The minimum atomic E-state index is -5.40. The fourth-order valence-electron chi connectivity index (χ4n) is 2.34. The van der Waals surface area contributed by atoms with Crippen molar-refractivity contribution in [2.45, 2.75) is 57.4 Å². The Bertz CT molecular complexity index is 358. The monoisotopic (exact) mass is 532 g/mol. The second-order valence-corrected chi connectivity index (χ2v) is 14.5. The molecular weight excluding hydrogens is 504 g/mol. The average molecular weight is 534 g/mol. The predicted molar refractivity (Wildman–Crippen MR) is 102 cm³/mol. The standard InChI is InChI=1S/C10H29BrO12Si4/c11-9-7-5-3-1-2-4-6-8-10-24(21-25(12,13)14,22-26(15,16)17)23-27(18,19)20/h12-20H,1-10H2. The summed E-state index contributed by atoms with van der Waals surface area (Å²) in [6.45, 7) is 0. The van der Waals surface area contributed by atoms with Crippen LogP contribution in [0.1, 0.15) is 51.4 Å². The van der Waals surface area contributed by atoms with Gasteiger partial charge in [-0.05, 0) is 12.8 Å². The Balaban J connectivity index is 4.77. The first kappa shape index (κ1) is 27.9. The van der Waals surface area contributed by atoms with Gasteiger partial charge in [-0.3, -0.25) is 0 Å². The van der Waals surface area contributed by atoms with E-state index >= 15 is 0 Å². The smallest absolute Gasteiger partial charge is 0.368 e. The average Bonchev–Trinajstić information content (AvgIpc) is 2.39. The summed E-state index contributed by atoms with van der Waals surface area (Å²) in [5.74, 6) is 0. The molecule has 27 heavy (non-hydrogen) atoms. The van der Waals surface area contributed by atoms with Crippen molar-refractivity contribution in [3.63, 3.8) is 0 Å². The molecule has 0 atom stereocenters. The second-order valence-electron chi connectivity index (χ2n) is 5.98. The zero-order valence-corrected chi connectivity index (χ0v) is 20.3. The zero-order valence-electron chi connectivity index (χ0n) is 14.7. The molecule has 0 aliphatic carbocycles. The van der Waals surface area contributed by atoms with Gasteiger partial charge >= 0.3 is 35.9 Å². The van der Waals surface area contributed by atoms with E-state index in [1.165, 1.54) is 0 Å². The summed E-state index contributed by atoms with van der Waals surface area (Å²) in [6, 6.07) is -0.445. The van der Waals surface area contributed by atoms with Gasteiger partial charge in [0.15, 0.2) is 0 Å². The summed E-state index contributed by atoms with van der Waals surface area (Å²) >= 11 is 3.35. The van der Waals surface area contributed by atoms with Gasteiger partial charge in [-0.2, -0.15) is 0 Å². The highest BCUT2D eigenvalue weighted by atomic mass is 79.9. The highest BCUT2D eigenvalue weighted by molar-refractivity contribution is 9.09. The molecule has 9 N–H and O–H groups in total. The number of unbranched alkanes of at least 4 members (excludes halogenated alkanes) is 7. The Morgan fingerprint density at radius 2 is 0.778 bits per heavy atom. The van der Waals surface area contributed by atoms with E-state index in [9.17, 15) is 0 Å². The molecule has 17 heteroatoms. The van der Waals surface area contributed by atoms with Crippen molar-refractivity contribution in [2.75, 3.05) is 5.33 Å². The van der Waals surface area contributed by atoms with E-state index in [1.54, 1.807) is 0 Å². The van der Waals surface area contributed by atoms with Crippen LogP contribution in [0.25, 0.3) is 0 Å². The molecule has 0 aromatic rings. The number of hydrogen-bond acceptors (Lipinski definition) is 12. The normalized spacial score (nSPS) is 14.0. The van der Waals surface area contributed by atoms with Gasteiger partial charge in [-0.1, -0.05) is 54.5 Å². The topological polar surface area (TPSA) is 210 Å². The Hall–Kier alpha value is 0.868. The van der Waals surface area contributed by atoms with Crippen molar-refractivity contribution in [2.24, 2.45) is 0 Å². The maximum atomic E-state index is 9.13. The summed E-state index contributed by atoms with van der Waals surface area (Å²) in [4.78, 5) is 82.2. The van der Waals surface area contributed by atoms with Crippen LogP contribution in [0.5, 0.6) is 0 Å². The summed E-state index contributed by atoms with van der Waals surface area (Å²) in [6.07, 6.45) is 6.68. The van der Waals surface area contributed by atoms with E-state index in [1.807, 2.05) is 0 Å². The molecule has 0 spiro atoms. The maximum Gasteiger partial charge on any atom is 0.663 e. The van der Waals surface area contributed by atoms with Gasteiger partial charge in [-0.15, -0.1) is 0 Å². The molecule has 0 aliphatic heterocycles. The molecule has 0 bridgehead atoms. The molecular formula is C10H29BrO12Si4. The summed E-state index contributed by atoms with van der Waals surface area (Å²) in [5, 5.41) is 0.960. The lowest BCUT2D eigenvalue weighted by Gasteiger charge is -2.34. The van der Waals surface area contributed by atoms with Crippen LogP contribution >= 0.6 is 15.9 Å². The first-order chi connectivity index (χ1) is 12.2. The number of halogens is 1. The third-order valence-electron chi connectivity index (χ3n) is 3.24. The molecule has 12 nitrogen and oxygen atoms in total. The van der Waals surface area contributed by atoms with Gasteiger partial charge in [0, 0.05) is 11.4 Å². The fraction of sp³-hybridized carbons (Fsp3) is 1.00. The van der Waals surface area contributed by atoms with E-state index in [0.29, 0.717) is 6.42 Å². The van der Waals surface area contributed by atoms with Crippen molar-refractivity contribution in [1.82, 2.24) is 0 Å². The molecule has 0 heterocycles. The van der Waals surface area contributed by atoms with Gasteiger partial charge in [0.2, 0.25) is 0 Å². The highest BCUT2D eigenvalue weighted by Gasteiger charge is 2.60. The Morgan fingerprint density at radius 1 is 0.481 bits per heavy atom. The van der Waals surface area contributed by atoms with Crippen molar-refractivity contribution < 1.29 is 55.5 Å². The molecule has 0 aromatic heterocycles. The first-order valence-corrected chi connectivity index (χ1v) is 16.7. The van der Waals surface area contributed by atoms with E-state index in [0.717, 1.165) is 43.9 Å². The Kier molecular flexibility index (Phi) is 12.9. The van der Waals surface area contributed by atoms with Gasteiger partial charge in [0.05, 0.1) is 0 Å². The Morgan fingerprint density at radius 3 is 1.07 bits per heavy atom. The zero-order chi connectivity index (χ0) is 21.2. The lowest BCUT2D eigenvalue weighted by atomic mass is 10.1. The number of rotatable bonds is 16. The van der Waals surface area contributed by atoms with Gasteiger partial charge in [-0.25, -0.2) is 0 Å². The van der Waals surface area contributed by atoms with Crippen LogP contribution in [-0.2, 0) is 12.3 Å². The molecule has 0 aliphatic rings. The van der Waals surface area contributed by atoms with E-state index < -0.39 is 42.0 Å². The summed E-state index contributed by atoms with van der Waals surface area (Å²) < 4.78 is 13.4. The highest BCUT2D eigenvalue weighted by Crippen LogP contribution is 2.26. The van der Waals surface area contributed by atoms with Crippen LogP contribution in [0.15, 0.2) is 0 Å². The molecule has 0 unspecified atom stereocenters. The number of alkyl halides is 1. The van der Waals surface area contributed by atoms with E-state index in [4.69, 9.17) is 43.2 Å². The largest absolute Gasteiger partial charge is 0.663 e. The van der Waals surface area contributed by atoms with Gasteiger partial charge < -0.3 is 55.5 Å². The molecule has 0 aromatic carbocycles. The first-order valence-electron chi connectivity index (χ1n) is 8.36. The second kappa shape index (κ2) is 12.5. The van der Waals surface area contributed by atoms with E-state index in [-0.39, 0.29) is 6.42 Å². The third-order valence-corrected chi connectivity index (χ3v) is 11.8. The van der Waals surface area contributed by atoms with Crippen molar-refractivity contribution in [1.29, 1.82) is 0 Å². The van der Waals surface area contributed by atoms with Crippen LogP contribution in [0, 0.1) is 0 Å². The predicted octanol–water partition coefficient (Wildman–Crippen LogP) is -2.27. The van der Waals surface area contributed by atoms with Crippen LogP contribution < -0.4 is 0 Å². The Labute approximate surface area is 170 Å². The summed E-state index contributed by atoms with van der Waals surface area (Å²) in [5.41, 5.74) is 0. The molecule has 0 radical (unpaired) electrons. The molecule has 0 fully saturated rings. The lowest BCUT2D eigenvalue weighted by Crippen LogP contribution is -2.66. The van der Waals surface area contributed by atoms with Crippen LogP contribution in [-0.4, -0.2) is 84.4 Å². The van der Waals surface area contributed by atoms with Gasteiger partial charge in [0.25, 0.3) is 0 Å². The SMILES string of the molecule is O[Si](O)(O)O[Si](CCCCCCCCCCBr)(O[Si](O)(O)O)O[Si](O)(O)O. The quantitative estimate of drug-likeness (QED) is 0.0584. The summed E-state index contributed by atoms with van der Waals surface area (Å²) in [7, 11) is -21.1. The van der Waals surface area contributed by atoms with Crippen LogP contribution in [0.2, 0.25) is 6.04 Å². The third kappa shape index (κ3) is 17.4. The minimum absolute atomic E-state index is 0.174. The van der Waals surface area contributed by atoms with Crippen molar-refractivity contribution >= 4 is 51.9 Å². The number of hydrogen-bond donors (Lipinski definition) is 9. The van der Waals surface area contributed by atoms with Crippen LogP contribution in [0.3, 0.4) is 0 Å². The van der Waals surface area contributed by atoms with Crippen molar-refractivity contribution in [3.05, 3.63) is 0 Å². The molecule has 0 amide bonds. The van der Waals surface area contributed by atoms with Crippen LogP contribution in [0.4, 0.5) is 0 Å². The molecule has 0 saturated carbocycles. The fourth-order valence-corrected chi connectivity index (χ4v) is 11.3. The molecule has 0 saturated heterocycles. The van der Waals surface area contributed by atoms with E-state index in [2.05, 4.69) is 28.3 Å².